The number of hydrogen-bond donors (Lipinski definition) is 0. The van der Waals surface area contributed by atoms with Gasteiger partial charge in [-0.25, -0.2) is 14.8 Å². The fourth-order valence-corrected chi connectivity index (χ4v) is 3.23. The van der Waals surface area contributed by atoms with Crippen molar-refractivity contribution in [1.82, 2.24) is 14.5 Å². The Balaban J connectivity index is 1.69. The fraction of sp³-hybridized carbons (Fsp3) is 0.150. The predicted molar refractivity (Wildman–Crippen MR) is 104 cm³/mol. The molecule has 0 aliphatic rings. The van der Waals surface area contributed by atoms with Gasteiger partial charge in [0, 0.05) is 18.4 Å². The van der Waals surface area contributed by atoms with Crippen molar-refractivity contribution in [2.75, 3.05) is 0 Å². The number of imidazole rings is 1. The molecule has 0 amide bonds. The minimum absolute atomic E-state index is 0.126. The monoisotopic (exact) mass is 425 g/mol. The van der Waals surface area contributed by atoms with Crippen molar-refractivity contribution >= 4 is 32.9 Å². The Labute approximate surface area is 163 Å². The molecule has 136 valence electrons. The van der Waals surface area contributed by atoms with Crippen LogP contribution in [0, 0.1) is 6.92 Å². The molecule has 2 aromatic heterocycles. The number of rotatable bonds is 4. The number of esters is 1. The Bertz CT molecular complexity index is 1130. The molecule has 6 nitrogen and oxygen atoms in total. The van der Waals surface area contributed by atoms with E-state index in [1.54, 1.807) is 6.92 Å². The van der Waals surface area contributed by atoms with Crippen LogP contribution in [0.1, 0.15) is 21.9 Å². The molecule has 4 rings (SSSR count). The van der Waals surface area contributed by atoms with Gasteiger partial charge in [-0.05, 0) is 23.8 Å². The molecule has 0 fully saturated rings. The smallest absolute Gasteiger partial charge is 0.361 e. The third kappa shape index (κ3) is 3.38. The molecule has 0 spiro atoms. The maximum Gasteiger partial charge on any atom is 0.361 e. The number of fused-ring (bicyclic) bond motifs is 1. The van der Waals surface area contributed by atoms with Crippen LogP contribution in [0.25, 0.3) is 22.6 Å². The summed E-state index contributed by atoms with van der Waals surface area (Å²) in [6, 6.07) is 15.3. The van der Waals surface area contributed by atoms with Gasteiger partial charge in [0.25, 0.3) is 0 Å². The van der Waals surface area contributed by atoms with Crippen LogP contribution < -0.4 is 0 Å². The molecule has 7 heteroatoms. The van der Waals surface area contributed by atoms with Crippen molar-refractivity contribution in [3.05, 3.63) is 70.2 Å². The Morgan fingerprint density at radius 3 is 2.74 bits per heavy atom. The predicted octanol–water partition coefficient (Wildman–Crippen LogP) is 4.66. The molecule has 0 aliphatic heterocycles. The molecule has 0 unspecified atom stereocenters. The quantitative estimate of drug-likeness (QED) is 0.444. The Morgan fingerprint density at radius 2 is 1.96 bits per heavy atom. The molecular formula is C20H16BrN3O3. The van der Waals surface area contributed by atoms with Crippen molar-refractivity contribution in [1.29, 1.82) is 0 Å². The number of aromatic nitrogens is 3. The molecule has 0 atom stereocenters. The normalized spacial score (nSPS) is 11.1. The minimum atomic E-state index is -0.543. The highest BCUT2D eigenvalue weighted by molar-refractivity contribution is 9.10. The largest absolute Gasteiger partial charge is 0.456 e. The molecule has 27 heavy (non-hydrogen) atoms. The van der Waals surface area contributed by atoms with Crippen LogP contribution in [0.3, 0.4) is 0 Å². The highest BCUT2D eigenvalue weighted by atomic mass is 79.9. The first kappa shape index (κ1) is 17.5. The molecule has 0 radical (unpaired) electrons. The van der Waals surface area contributed by atoms with Gasteiger partial charge in [-0.15, -0.1) is 0 Å². The van der Waals surface area contributed by atoms with Crippen LogP contribution in [0.2, 0.25) is 0 Å². The summed E-state index contributed by atoms with van der Waals surface area (Å²) >= 11 is 3.45. The van der Waals surface area contributed by atoms with Gasteiger partial charge in [0.2, 0.25) is 5.76 Å². The lowest BCUT2D eigenvalue weighted by molar-refractivity contribution is 0.0466. The van der Waals surface area contributed by atoms with E-state index in [1.165, 1.54) is 0 Å². The lowest BCUT2D eigenvalue weighted by Gasteiger charge is -2.04. The number of carbonyl (C=O) groups is 1. The van der Waals surface area contributed by atoms with E-state index in [9.17, 15) is 4.79 Å². The lowest BCUT2D eigenvalue weighted by Crippen LogP contribution is -2.08. The number of carbonyl (C=O) groups excluding carboxylic acids is 1. The maximum atomic E-state index is 12.6. The number of halogens is 1. The summed E-state index contributed by atoms with van der Waals surface area (Å²) in [7, 11) is 1.87. The van der Waals surface area contributed by atoms with E-state index in [4.69, 9.17) is 9.15 Å². The van der Waals surface area contributed by atoms with Gasteiger partial charge in [0.1, 0.15) is 6.61 Å². The summed E-state index contributed by atoms with van der Waals surface area (Å²) in [5, 5.41) is 0. The average molecular weight is 426 g/mol. The van der Waals surface area contributed by atoms with Crippen molar-refractivity contribution in [3.8, 4) is 11.6 Å². The fourth-order valence-electron chi connectivity index (χ4n) is 2.88. The van der Waals surface area contributed by atoms with E-state index in [2.05, 4.69) is 25.9 Å². The highest BCUT2D eigenvalue weighted by Crippen LogP contribution is 2.29. The molecule has 0 N–H and O–H groups in total. The second-order valence-electron chi connectivity index (χ2n) is 6.10. The van der Waals surface area contributed by atoms with Crippen molar-refractivity contribution in [2.45, 2.75) is 13.5 Å². The molecule has 0 aliphatic carbocycles. The summed E-state index contributed by atoms with van der Waals surface area (Å²) in [4.78, 5) is 21.5. The summed E-state index contributed by atoms with van der Waals surface area (Å²) in [5.41, 5.74) is 2.74. The van der Waals surface area contributed by atoms with Gasteiger partial charge in [-0.1, -0.05) is 46.3 Å². The molecule has 2 heterocycles. The van der Waals surface area contributed by atoms with E-state index in [1.807, 2.05) is 60.1 Å². The molecule has 2 aromatic carbocycles. The van der Waals surface area contributed by atoms with E-state index >= 15 is 0 Å². The molecule has 0 bridgehead atoms. The van der Waals surface area contributed by atoms with Crippen LogP contribution in [-0.2, 0) is 18.4 Å². The minimum Gasteiger partial charge on any atom is -0.456 e. The van der Waals surface area contributed by atoms with Crippen molar-refractivity contribution < 1.29 is 13.9 Å². The van der Waals surface area contributed by atoms with Gasteiger partial charge < -0.3 is 13.7 Å². The molecule has 0 saturated carbocycles. The third-order valence-electron chi connectivity index (χ3n) is 4.19. The first-order valence-corrected chi connectivity index (χ1v) is 9.13. The van der Waals surface area contributed by atoms with E-state index in [0.29, 0.717) is 17.5 Å². The summed E-state index contributed by atoms with van der Waals surface area (Å²) in [6.07, 6.45) is 0. The van der Waals surface area contributed by atoms with Crippen LogP contribution in [0.4, 0.5) is 0 Å². The van der Waals surface area contributed by atoms with Crippen LogP contribution in [-0.4, -0.2) is 20.5 Å². The summed E-state index contributed by atoms with van der Waals surface area (Å²) in [6.45, 7) is 1.86. The first-order valence-electron chi connectivity index (χ1n) is 8.34. The van der Waals surface area contributed by atoms with Crippen LogP contribution in [0.15, 0.2) is 57.4 Å². The van der Waals surface area contributed by atoms with Crippen molar-refractivity contribution in [3.63, 3.8) is 0 Å². The van der Waals surface area contributed by atoms with Gasteiger partial charge >= 0.3 is 5.97 Å². The maximum absolute atomic E-state index is 12.6. The summed E-state index contributed by atoms with van der Waals surface area (Å²) < 4.78 is 13.9. The highest BCUT2D eigenvalue weighted by Gasteiger charge is 2.25. The van der Waals surface area contributed by atoms with Crippen molar-refractivity contribution in [2.24, 2.45) is 7.05 Å². The second-order valence-corrected chi connectivity index (χ2v) is 7.02. The SMILES string of the molecule is Cc1nc(C(=O)OCc2ccccc2)c(-c2nc3cc(Br)ccc3n2C)o1. The Kier molecular flexibility index (Phi) is 4.53. The summed E-state index contributed by atoms with van der Waals surface area (Å²) in [5.74, 6) is 0.666. The zero-order valence-electron chi connectivity index (χ0n) is 14.8. The second kappa shape index (κ2) is 7.00. The van der Waals surface area contributed by atoms with E-state index < -0.39 is 5.97 Å². The molecule has 4 aromatic rings. The number of ether oxygens (including phenoxy) is 1. The van der Waals surface area contributed by atoms with Gasteiger partial charge in [-0.2, -0.15) is 0 Å². The standard InChI is InChI=1S/C20H16BrN3O3/c1-12-22-17(20(25)26-11-13-6-4-3-5-7-13)18(27-12)19-23-15-10-14(21)8-9-16(15)24(19)2/h3-10H,11H2,1-2H3. The third-order valence-corrected chi connectivity index (χ3v) is 4.68. The number of aryl methyl sites for hydroxylation is 2. The number of nitrogens with zero attached hydrogens (tertiary/aromatic N) is 3. The Hall–Kier alpha value is -2.93. The number of benzene rings is 2. The zero-order chi connectivity index (χ0) is 19.0. The van der Waals surface area contributed by atoms with Crippen LogP contribution in [0.5, 0.6) is 0 Å². The number of hydrogen-bond acceptors (Lipinski definition) is 5. The van der Waals surface area contributed by atoms with E-state index in [0.717, 1.165) is 21.1 Å². The van der Waals surface area contributed by atoms with Gasteiger partial charge in [0.05, 0.1) is 11.0 Å². The number of oxazole rings is 1. The van der Waals surface area contributed by atoms with Gasteiger partial charge in [0.15, 0.2) is 17.4 Å². The lowest BCUT2D eigenvalue weighted by atomic mass is 10.2. The average Bonchev–Trinajstić information content (AvgIpc) is 3.20. The zero-order valence-corrected chi connectivity index (χ0v) is 16.4. The topological polar surface area (TPSA) is 70.2 Å². The van der Waals surface area contributed by atoms with E-state index in [-0.39, 0.29) is 12.3 Å². The van der Waals surface area contributed by atoms with Crippen LogP contribution >= 0.6 is 15.9 Å². The molecular weight excluding hydrogens is 410 g/mol. The Morgan fingerprint density at radius 1 is 1.19 bits per heavy atom. The van der Waals surface area contributed by atoms with Gasteiger partial charge in [-0.3, -0.25) is 0 Å². The first-order chi connectivity index (χ1) is 13.0. The molecule has 0 saturated heterocycles.